The standard InChI is InChI=1S/C24H23NO3/c1-17-13-15-21(16-14-17)25-23(26)18(2)28-24(27)22(19-9-5-3-6-10-19)20-11-7-4-8-12-20/h3-16,18,22H,1-2H3,(H,25,26)/t18-/m0/s1. The molecule has 0 heterocycles. The van der Waals surface area contributed by atoms with E-state index in [1.54, 1.807) is 6.92 Å². The van der Waals surface area contributed by atoms with Crippen LogP contribution >= 0.6 is 0 Å². The number of nitrogens with one attached hydrogen (secondary N) is 1. The van der Waals surface area contributed by atoms with E-state index in [-0.39, 0.29) is 5.91 Å². The molecular formula is C24H23NO3. The van der Waals surface area contributed by atoms with Gasteiger partial charge in [-0.3, -0.25) is 9.59 Å². The number of rotatable bonds is 6. The van der Waals surface area contributed by atoms with Crippen molar-refractivity contribution in [1.82, 2.24) is 0 Å². The van der Waals surface area contributed by atoms with Crippen molar-refractivity contribution in [1.29, 1.82) is 0 Å². The highest BCUT2D eigenvalue weighted by Gasteiger charge is 2.27. The maximum atomic E-state index is 13.0. The van der Waals surface area contributed by atoms with E-state index < -0.39 is 18.0 Å². The normalized spacial score (nSPS) is 11.7. The van der Waals surface area contributed by atoms with Gasteiger partial charge in [0.2, 0.25) is 0 Å². The Morgan fingerprint density at radius 1 is 0.786 bits per heavy atom. The second-order valence-corrected chi connectivity index (χ2v) is 6.69. The van der Waals surface area contributed by atoms with Crippen molar-refractivity contribution in [2.24, 2.45) is 0 Å². The minimum atomic E-state index is -0.913. The summed E-state index contributed by atoms with van der Waals surface area (Å²) in [7, 11) is 0. The van der Waals surface area contributed by atoms with Crippen molar-refractivity contribution in [2.75, 3.05) is 5.32 Å². The molecular weight excluding hydrogens is 350 g/mol. The first-order valence-corrected chi connectivity index (χ1v) is 9.22. The van der Waals surface area contributed by atoms with Crippen molar-refractivity contribution in [3.8, 4) is 0 Å². The summed E-state index contributed by atoms with van der Waals surface area (Å²) in [4.78, 5) is 25.4. The van der Waals surface area contributed by atoms with Gasteiger partial charge < -0.3 is 10.1 Å². The smallest absolute Gasteiger partial charge is 0.318 e. The molecule has 0 saturated heterocycles. The number of hydrogen-bond acceptors (Lipinski definition) is 3. The van der Waals surface area contributed by atoms with Crippen LogP contribution in [0.5, 0.6) is 0 Å². The number of esters is 1. The molecule has 28 heavy (non-hydrogen) atoms. The van der Waals surface area contributed by atoms with Crippen LogP contribution in [-0.4, -0.2) is 18.0 Å². The van der Waals surface area contributed by atoms with Crippen LogP contribution in [0.4, 0.5) is 5.69 Å². The summed E-state index contributed by atoms with van der Waals surface area (Å²) in [5.74, 6) is -1.40. The molecule has 0 aliphatic carbocycles. The third-order valence-corrected chi connectivity index (χ3v) is 4.48. The van der Waals surface area contributed by atoms with Crippen LogP contribution in [-0.2, 0) is 14.3 Å². The number of amides is 1. The highest BCUT2D eigenvalue weighted by atomic mass is 16.5. The average Bonchev–Trinajstić information content (AvgIpc) is 2.71. The van der Waals surface area contributed by atoms with Crippen molar-refractivity contribution in [3.05, 3.63) is 102 Å². The van der Waals surface area contributed by atoms with Gasteiger partial charge in [-0.15, -0.1) is 0 Å². The molecule has 0 aliphatic heterocycles. The van der Waals surface area contributed by atoms with Crippen LogP contribution in [0.2, 0.25) is 0 Å². The number of anilines is 1. The van der Waals surface area contributed by atoms with E-state index in [0.29, 0.717) is 5.69 Å². The van der Waals surface area contributed by atoms with Gasteiger partial charge >= 0.3 is 5.97 Å². The Morgan fingerprint density at radius 2 is 1.29 bits per heavy atom. The Bertz CT molecular complexity index is 882. The molecule has 4 nitrogen and oxygen atoms in total. The quantitative estimate of drug-likeness (QED) is 0.637. The molecule has 0 bridgehead atoms. The lowest BCUT2D eigenvalue weighted by Gasteiger charge is -2.20. The molecule has 0 radical (unpaired) electrons. The Morgan fingerprint density at radius 3 is 1.79 bits per heavy atom. The topological polar surface area (TPSA) is 55.4 Å². The van der Waals surface area contributed by atoms with Crippen molar-refractivity contribution in [2.45, 2.75) is 25.9 Å². The highest BCUT2D eigenvalue weighted by molar-refractivity contribution is 5.95. The van der Waals surface area contributed by atoms with Gasteiger partial charge in [0.15, 0.2) is 6.10 Å². The summed E-state index contributed by atoms with van der Waals surface area (Å²) < 4.78 is 5.53. The van der Waals surface area contributed by atoms with E-state index in [1.165, 1.54) is 0 Å². The summed E-state index contributed by atoms with van der Waals surface area (Å²) in [5.41, 5.74) is 3.42. The summed E-state index contributed by atoms with van der Waals surface area (Å²) >= 11 is 0. The van der Waals surface area contributed by atoms with E-state index in [2.05, 4.69) is 5.32 Å². The predicted molar refractivity (Wildman–Crippen MR) is 110 cm³/mol. The number of hydrogen-bond donors (Lipinski definition) is 1. The van der Waals surface area contributed by atoms with Gasteiger partial charge in [-0.2, -0.15) is 0 Å². The molecule has 4 heteroatoms. The van der Waals surface area contributed by atoms with E-state index in [1.807, 2.05) is 91.9 Å². The maximum absolute atomic E-state index is 13.0. The summed E-state index contributed by atoms with van der Waals surface area (Å²) in [6, 6.07) is 26.3. The lowest BCUT2D eigenvalue weighted by atomic mass is 9.91. The van der Waals surface area contributed by atoms with Gasteiger partial charge in [0.25, 0.3) is 5.91 Å². The average molecular weight is 373 g/mol. The van der Waals surface area contributed by atoms with Crippen molar-refractivity contribution >= 4 is 17.6 Å². The lowest BCUT2D eigenvalue weighted by Crippen LogP contribution is -2.32. The summed E-state index contributed by atoms with van der Waals surface area (Å²) in [6.07, 6.45) is -0.913. The van der Waals surface area contributed by atoms with E-state index in [4.69, 9.17) is 4.74 Å². The molecule has 0 spiro atoms. The molecule has 3 rings (SSSR count). The maximum Gasteiger partial charge on any atom is 0.318 e. The van der Waals surface area contributed by atoms with Crippen LogP contribution in [0.15, 0.2) is 84.9 Å². The zero-order valence-electron chi connectivity index (χ0n) is 16.0. The number of carbonyl (C=O) groups is 2. The Hall–Kier alpha value is -3.40. The molecule has 0 saturated carbocycles. The molecule has 0 unspecified atom stereocenters. The number of benzene rings is 3. The number of ether oxygens (including phenoxy) is 1. The predicted octanol–water partition coefficient (Wildman–Crippen LogP) is 4.70. The molecule has 0 fully saturated rings. The zero-order chi connectivity index (χ0) is 19.9. The molecule has 1 amide bonds. The summed E-state index contributed by atoms with van der Waals surface area (Å²) in [6.45, 7) is 3.55. The minimum Gasteiger partial charge on any atom is -0.452 e. The second kappa shape index (κ2) is 9.00. The lowest BCUT2D eigenvalue weighted by molar-refractivity contribution is -0.153. The van der Waals surface area contributed by atoms with Crippen LogP contribution in [0.25, 0.3) is 0 Å². The van der Waals surface area contributed by atoms with Crippen molar-refractivity contribution < 1.29 is 14.3 Å². The fraction of sp³-hybridized carbons (Fsp3) is 0.167. The SMILES string of the molecule is Cc1ccc(NC(=O)[C@H](C)OC(=O)C(c2ccccc2)c2ccccc2)cc1. The third-order valence-electron chi connectivity index (χ3n) is 4.48. The van der Waals surface area contributed by atoms with Gasteiger partial charge in [0.05, 0.1) is 0 Å². The third kappa shape index (κ3) is 4.86. The van der Waals surface area contributed by atoms with Crippen molar-refractivity contribution in [3.63, 3.8) is 0 Å². The van der Waals surface area contributed by atoms with Gasteiger partial charge in [0.1, 0.15) is 5.92 Å². The van der Waals surface area contributed by atoms with E-state index >= 15 is 0 Å². The highest BCUT2D eigenvalue weighted by Crippen LogP contribution is 2.26. The molecule has 1 atom stereocenters. The first-order valence-electron chi connectivity index (χ1n) is 9.22. The van der Waals surface area contributed by atoms with Gasteiger partial charge in [-0.1, -0.05) is 78.4 Å². The largest absolute Gasteiger partial charge is 0.452 e. The van der Waals surface area contributed by atoms with Crippen LogP contribution in [0.3, 0.4) is 0 Å². The fourth-order valence-electron chi connectivity index (χ4n) is 2.93. The number of aryl methyl sites for hydroxylation is 1. The minimum absolute atomic E-state index is 0.364. The van der Waals surface area contributed by atoms with Gasteiger partial charge in [-0.25, -0.2) is 0 Å². The van der Waals surface area contributed by atoms with Gasteiger partial charge in [-0.05, 0) is 37.1 Å². The number of carbonyl (C=O) groups excluding carboxylic acids is 2. The monoisotopic (exact) mass is 373 g/mol. The fourth-order valence-corrected chi connectivity index (χ4v) is 2.93. The Labute approximate surface area is 165 Å². The first kappa shape index (κ1) is 19.4. The molecule has 3 aromatic carbocycles. The van der Waals surface area contributed by atoms with Crippen LogP contribution in [0.1, 0.15) is 29.5 Å². The van der Waals surface area contributed by atoms with E-state index in [0.717, 1.165) is 16.7 Å². The van der Waals surface area contributed by atoms with Gasteiger partial charge in [0, 0.05) is 5.69 Å². The summed E-state index contributed by atoms with van der Waals surface area (Å²) in [5, 5.41) is 2.78. The molecule has 142 valence electrons. The van der Waals surface area contributed by atoms with E-state index in [9.17, 15) is 9.59 Å². The zero-order valence-corrected chi connectivity index (χ0v) is 16.0. The van der Waals surface area contributed by atoms with Crippen LogP contribution in [0, 0.1) is 6.92 Å². The Balaban J connectivity index is 1.74. The van der Waals surface area contributed by atoms with Crippen LogP contribution < -0.4 is 5.32 Å². The first-order chi connectivity index (χ1) is 13.5. The molecule has 0 aromatic heterocycles. The Kier molecular flexibility index (Phi) is 6.22. The molecule has 0 aliphatic rings. The molecule has 1 N–H and O–H groups in total. The second-order valence-electron chi connectivity index (χ2n) is 6.69. The molecule has 3 aromatic rings.